The molecule has 1 fully saturated rings. The van der Waals surface area contributed by atoms with Crippen LogP contribution >= 0.6 is 0 Å². The van der Waals surface area contributed by atoms with E-state index in [0.717, 1.165) is 22.7 Å². The number of aromatic amines is 1. The molecule has 4 rings (SSSR count). The van der Waals surface area contributed by atoms with Gasteiger partial charge in [-0.05, 0) is 51.3 Å². The van der Waals surface area contributed by atoms with E-state index in [-0.39, 0.29) is 22.7 Å². The van der Waals surface area contributed by atoms with E-state index in [1.54, 1.807) is 19.2 Å². The summed E-state index contributed by atoms with van der Waals surface area (Å²) in [6.45, 7) is 5.32. The van der Waals surface area contributed by atoms with E-state index in [1.165, 1.54) is 6.20 Å². The third-order valence-electron chi connectivity index (χ3n) is 5.79. The summed E-state index contributed by atoms with van der Waals surface area (Å²) in [6, 6.07) is 3.94. The summed E-state index contributed by atoms with van der Waals surface area (Å²) in [6.07, 6.45) is 3.96. The van der Waals surface area contributed by atoms with Crippen LogP contribution < -0.4 is 10.9 Å². The van der Waals surface area contributed by atoms with Gasteiger partial charge < -0.3 is 10.3 Å². The highest BCUT2D eigenvalue weighted by molar-refractivity contribution is 5.94. The Hall–Kier alpha value is -3.60. The number of aromatic nitrogens is 3. The number of nitrogens with zero attached hydrogens (tertiary/aromatic N) is 3. The van der Waals surface area contributed by atoms with Gasteiger partial charge in [0, 0.05) is 29.0 Å². The largest absolute Gasteiger partial charge is 0.347 e. The van der Waals surface area contributed by atoms with Crippen LogP contribution in [0.4, 0.5) is 4.39 Å². The Morgan fingerprint density at radius 2 is 2.10 bits per heavy atom. The molecule has 3 aromatic rings. The van der Waals surface area contributed by atoms with Crippen LogP contribution in [-0.2, 0) is 10.2 Å². The molecule has 3 aromatic heterocycles. The van der Waals surface area contributed by atoms with Crippen LogP contribution in [0.15, 0.2) is 29.3 Å². The van der Waals surface area contributed by atoms with E-state index < -0.39 is 17.3 Å². The Bertz CT molecular complexity index is 1290. The lowest BCUT2D eigenvalue weighted by atomic mass is 9.89. The average molecular weight is 405 g/mol. The molecule has 8 heteroatoms. The van der Waals surface area contributed by atoms with Gasteiger partial charge in [-0.25, -0.2) is 4.39 Å². The Labute approximate surface area is 172 Å². The van der Waals surface area contributed by atoms with Gasteiger partial charge in [-0.15, -0.1) is 0 Å². The lowest BCUT2D eigenvalue weighted by Crippen LogP contribution is -2.40. The smallest absolute Gasteiger partial charge is 0.252 e. The minimum Gasteiger partial charge on any atom is -0.347 e. The molecule has 152 valence electrons. The Morgan fingerprint density at radius 1 is 1.37 bits per heavy atom. The average Bonchev–Trinajstić information content (AvgIpc) is 3.49. The molecule has 1 amide bonds. The summed E-state index contributed by atoms with van der Waals surface area (Å²) >= 11 is 0. The Kier molecular flexibility index (Phi) is 4.61. The first kappa shape index (κ1) is 19.7. The van der Waals surface area contributed by atoms with E-state index in [4.69, 9.17) is 5.26 Å². The van der Waals surface area contributed by atoms with E-state index in [1.807, 2.05) is 19.9 Å². The number of H-pyrrole nitrogens is 1. The van der Waals surface area contributed by atoms with Gasteiger partial charge in [0.25, 0.3) is 5.56 Å². The van der Waals surface area contributed by atoms with Crippen molar-refractivity contribution in [2.45, 2.75) is 45.1 Å². The first-order chi connectivity index (χ1) is 14.3. The zero-order valence-corrected chi connectivity index (χ0v) is 16.8. The number of carbonyl (C=O) groups excluding carboxylic acids is 1. The number of rotatable bonds is 4. The molecule has 30 heavy (non-hydrogen) atoms. The van der Waals surface area contributed by atoms with Crippen LogP contribution in [0.5, 0.6) is 0 Å². The van der Waals surface area contributed by atoms with E-state index >= 15 is 0 Å². The Morgan fingerprint density at radius 3 is 2.73 bits per heavy atom. The van der Waals surface area contributed by atoms with Gasteiger partial charge in [0.05, 0.1) is 28.2 Å². The maximum atomic E-state index is 14.3. The molecule has 1 aliphatic carbocycles. The van der Waals surface area contributed by atoms with Crippen molar-refractivity contribution >= 4 is 16.8 Å². The van der Waals surface area contributed by atoms with Crippen LogP contribution in [0.25, 0.3) is 10.9 Å². The number of aryl methyl sites for hydroxylation is 2. The lowest BCUT2D eigenvalue weighted by Gasteiger charge is -2.21. The third kappa shape index (κ3) is 3.03. The predicted molar refractivity (Wildman–Crippen MR) is 108 cm³/mol. The van der Waals surface area contributed by atoms with Crippen molar-refractivity contribution in [2.24, 2.45) is 0 Å². The quantitative estimate of drug-likeness (QED) is 0.693. The first-order valence-electron chi connectivity index (χ1n) is 9.63. The third-order valence-corrected chi connectivity index (χ3v) is 5.79. The topological polar surface area (TPSA) is 112 Å². The summed E-state index contributed by atoms with van der Waals surface area (Å²) in [7, 11) is 0. The summed E-state index contributed by atoms with van der Waals surface area (Å²) in [5, 5.41) is 12.5. The van der Waals surface area contributed by atoms with Crippen LogP contribution in [-0.4, -0.2) is 20.9 Å². The van der Waals surface area contributed by atoms with Crippen LogP contribution in [0, 0.1) is 31.0 Å². The minimum atomic E-state index is -0.953. The van der Waals surface area contributed by atoms with Crippen molar-refractivity contribution in [2.75, 3.05) is 0 Å². The van der Waals surface area contributed by atoms with Gasteiger partial charge >= 0.3 is 0 Å². The lowest BCUT2D eigenvalue weighted by molar-refractivity contribution is -0.124. The number of amides is 1. The highest BCUT2D eigenvalue weighted by Gasteiger charge is 2.54. The molecule has 2 N–H and O–H groups in total. The SMILES string of the molecule is Cc1nccc2[nH]c(=O)c(C3(C(=O)N[C@@H](C)c4ncc(C#N)cc4F)CC3)c(C)c12. The molecule has 0 saturated heterocycles. The summed E-state index contributed by atoms with van der Waals surface area (Å²) < 4.78 is 14.3. The van der Waals surface area contributed by atoms with Crippen molar-refractivity contribution in [3.05, 3.63) is 68.8 Å². The number of hydrogen-bond donors (Lipinski definition) is 2. The molecule has 1 atom stereocenters. The fourth-order valence-electron chi connectivity index (χ4n) is 4.15. The van der Waals surface area contributed by atoms with Crippen molar-refractivity contribution in [3.63, 3.8) is 0 Å². The number of nitrogens with one attached hydrogen (secondary N) is 2. The number of fused-ring (bicyclic) bond motifs is 1. The van der Waals surface area contributed by atoms with Gasteiger partial charge in [-0.2, -0.15) is 5.26 Å². The number of hydrogen-bond acceptors (Lipinski definition) is 5. The molecular formula is C22H20FN5O2. The van der Waals surface area contributed by atoms with Crippen LogP contribution in [0.3, 0.4) is 0 Å². The van der Waals surface area contributed by atoms with Gasteiger partial charge in [0.15, 0.2) is 0 Å². The van der Waals surface area contributed by atoms with E-state index in [2.05, 4.69) is 20.3 Å². The minimum absolute atomic E-state index is 0.0438. The van der Waals surface area contributed by atoms with Crippen molar-refractivity contribution in [3.8, 4) is 6.07 Å². The summed E-state index contributed by atoms with van der Waals surface area (Å²) in [5.41, 5.74) is 1.53. The second-order valence-electron chi connectivity index (χ2n) is 7.75. The van der Waals surface area contributed by atoms with Crippen molar-refractivity contribution < 1.29 is 9.18 Å². The molecule has 1 saturated carbocycles. The molecule has 0 unspecified atom stereocenters. The highest BCUT2D eigenvalue weighted by Crippen LogP contribution is 2.49. The second-order valence-corrected chi connectivity index (χ2v) is 7.75. The normalized spacial score (nSPS) is 15.4. The maximum Gasteiger partial charge on any atom is 0.252 e. The zero-order valence-electron chi connectivity index (χ0n) is 16.8. The van der Waals surface area contributed by atoms with E-state index in [0.29, 0.717) is 23.9 Å². The molecule has 3 heterocycles. The van der Waals surface area contributed by atoms with Gasteiger partial charge in [-0.3, -0.25) is 19.6 Å². The number of pyridine rings is 3. The summed E-state index contributed by atoms with van der Waals surface area (Å²) in [5.74, 6) is -0.997. The molecule has 0 aromatic carbocycles. The van der Waals surface area contributed by atoms with Crippen LogP contribution in [0.1, 0.15) is 53.9 Å². The molecule has 0 spiro atoms. The number of nitriles is 1. The molecule has 0 radical (unpaired) electrons. The molecule has 7 nitrogen and oxygen atoms in total. The standard InChI is InChI=1S/C22H20FN5O2/c1-11-17-12(2)25-7-4-16(17)28-20(29)18(11)22(5-6-22)21(30)27-13(3)19-15(23)8-14(9-24)10-26-19/h4,7-8,10,13H,5-6H2,1-3H3,(H,27,30)(H,28,29)/t13-/m0/s1. The van der Waals surface area contributed by atoms with Crippen molar-refractivity contribution in [1.29, 1.82) is 5.26 Å². The zero-order chi connectivity index (χ0) is 21.6. The molecule has 0 bridgehead atoms. The number of carbonyl (C=O) groups is 1. The van der Waals surface area contributed by atoms with Gasteiger partial charge in [0.1, 0.15) is 11.9 Å². The fourth-order valence-corrected chi connectivity index (χ4v) is 4.15. The molecule has 0 aliphatic heterocycles. The van der Waals surface area contributed by atoms with Gasteiger partial charge in [-0.1, -0.05) is 0 Å². The first-order valence-corrected chi connectivity index (χ1v) is 9.63. The monoisotopic (exact) mass is 405 g/mol. The Balaban J connectivity index is 1.70. The fraction of sp³-hybridized carbons (Fsp3) is 0.318. The maximum absolute atomic E-state index is 14.3. The molecular weight excluding hydrogens is 385 g/mol. The van der Waals surface area contributed by atoms with Crippen LogP contribution in [0.2, 0.25) is 0 Å². The molecule has 1 aliphatic rings. The summed E-state index contributed by atoms with van der Waals surface area (Å²) in [4.78, 5) is 37.2. The number of halogens is 1. The van der Waals surface area contributed by atoms with Gasteiger partial charge in [0.2, 0.25) is 5.91 Å². The predicted octanol–water partition coefficient (Wildman–Crippen LogP) is 2.85. The van der Waals surface area contributed by atoms with Crippen molar-refractivity contribution in [1.82, 2.24) is 20.3 Å². The van der Waals surface area contributed by atoms with E-state index in [9.17, 15) is 14.0 Å². The highest BCUT2D eigenvalue weighted by atomic mass is 19.1. The second kappa shape index (κ2) is 7.02.